The summed E-state index contributed by atoms with van der Waals surface area (Å²) in [6, 6.07) is 0. The molecule has 2 aliphatic rings. The van der Waals surface area contributed by atoms with E-state index in [4.69, 9.17) is 0 Å². The minimum absolute atomic E-state index is 0.0437. The van der Waals surface area contributed by atoms with Crippen molar-refractivity contribution in [3.05, 3.63) is 0 Å². The van der Waals surface area contributed by atoms with Crippen LogP contribution < -0.4 is 0 Å². The highest BCUT2D eigenvalue weighted by molar-refractivity contribution is 5.93. The Hall–Kier alpha value is -0.410. The van der Waals surface area contributed by atoms with E-state index in [1.807, 2.05) is 6.92 Å². The maximum absolute atomic E-state index is 12.0. The van der Waals surface area contributed by atoms with Gasteiger partial charge in [-0.3, -0.25) is 4.79 Å². The van der Waals surface area contributed by atoms with Gasteiger partial charge >= 0.3 is 0 Å². The van der Waals surface area contributed by atoms with Crippen LogP contribution in [0.25, 0.3) is 0 Å². The number of fused-ring (bicyclic) bond motifs is 2. The van der Waals surface area contributed by atoms with Crippen LogP contribution in [0.5, 0.6) is 0 Å². The highest BCUT2D eigenvalue weighted by Gasteiger charge is 2.62. The average molecular weight is 184 g/mol. The number of carbonyl (C=O) groups excluding carboxylic acids is 1. The summed E-state index contributed by atoms with van der Waals surface area (Å²) in [4.78, 5) is 12.0. The number of Topliss-reactive ketones (excluding diaryl/α,β-unsaturated/α-hetero) is 1. The Kier molecular flexibility index (Phi) is 1.79. The Bertz CT molecular complexity index is 243. The summed E-state index contributed by atoms with van der Waals surface area (Å²) >= 11 is 0. The average Bonchev–Trinajstić information content (AvgIpc) is 2.67. The molecule has 0 aromatic heterocycles. The molecule has 2 rings (SSSR count). The number of carbonyl (C=O) groups is 1. The quantitative estimate of drug-likeness (QED) is 0.651. The van der Waals surface area contributed by atoms with E-state index in [0.717, 1.165) is 19.3 Å². The van der Waals surface area contributed by atoms with Gasteiger partial charge in [0.05, 0.1) is 24.0 Å². The lowest BCUT2D eigenvalue weighted by atomic mass is 9.70. The van der Waals surface area contributed by atoms with Crippen LogP contribution in [-0.2, 0) is 4.79 Å². The lowest BCUT2D eigenvalue weighted by Crippen LogP contribution is -2.43. The molecule has 0 amide bonds. The third-order valence-electron chi connectivity index (χ3n) is 4.14. The standard InChI is InChI=1S/C10H16O3/c1-9(5-11)7-2-3-10(4-7,6-12)8(9)13/h7,11-12H,2-6H2,1H3. The molecule has 0 heterocycles. The SMILES string of the molecule is CC1(CO)C(=O)C2(CO)CCC1C2. The fourth-order valence-electron chi connectivity index (χ4n) is 3.08. The zero-order valence-corrected chi connectivity index (χ0v) is 7.92. The van der Waals surface area contributed by atoms with E-state index in [-0.39, 0.29) is 24.9 Å². The molecule has 3 atom stereocenters. The van der Waals surface area contributed by atoms with Crippen molar-refractivity contribution >= 4 is 5.78 Å². The molecule has 0 spiro atoms. The fraction of sp³-hybridized carbons (Fsp3) is 0.900. The normalized spacial score (nSPS) is 48.8. The number of aliphatic hydroxyl groups excluding tert-OH is 2. The minimum Gasteiger partial charge on any atom is -0.395 e. The molecule has 3 nitrogen and oxygen atoms in total. The first-order valence-corrected chi connectivity index (χ1v) is 4.86. The van der Waals surface area contributed by atoms with E-state index >= 15 is 0 Å². The molecular formula is C10H16O3. The zero-order chi connectivity index (χ0) is 9.69. The molecule has 13 heavy (non-hydrogen) atoms. The molecule has 2 fully saturated rings. The number of ketones is 1. The smallest absolute Gasteiger partial charge is 0.149 e. The lowest BCUT2D eigenvalue weighted by molar-refractivity contribution is -0.140. The van der Waals surface area contributed by atoms with E-state index in [2.05, 4.69) is 0 Å². The molecule has 0 aliphatic heterocycles. The van der Waals surface area contributed by atoms with Gasteiger partial charge < -0.3 is 10.2 Å². The van der Waals surface area contributed by atoms with E-state index in [1.54, 1.807) is 0 Å². The number of hydrogen-bond acceptors (Lipinski definition) is 3. The first-order valence-electron chi connectivity index (χ1n) is 4.86. The van der Waals surface area contributed by atoms with Gasteiger partial charge in [0, 0.05) is 0 Å². The second kappa shape index (κ2) is 2.55. The van der Waals surface area contributed by atoms with Gasteiger partial charge in [0.2, 0.25) is 0 Å². The van der Waals surface area contributed by atoms with Gasteiger partial charge in [-0.25, -0.2) is 0 Å². The van der Waals surface area contributed by atoms with E-state index in [0.29, 0.717) is 0 Å². The summed E-state index contributed by atoms with van der Waals surface area (Å²) in [5, 5.41) is 18.5. The highest BCUT2D eigenvalue weighted by Crippen LogP contribution is 2.59. The van der Waals surface area contributed by atoms with Crippen molar-refractivity contribution in [1.29, 1.82) is 0 Å². The van der Waals surface area contributed by atoms with Crippen molar-refractivity contribution in [2.24, 2.45) is 16.7 Å². The van der Waals surface area contributed by atoms with Crippen molar-refractivity contribution in [3.63, 3.8) is 0 Å². The number of aliphatic hydroxyl groups is 2. The third-order valence-corrected chi connectivity index (χ3v) is 4.14. The lowest BCUT2D eigenvalue weighted by Gasteiger charge is -2.33. The van der Waals surface area contributed by atoms with Gasteiger partial charge in [-0.2, -0.15) is 0 Å². The Balaban J connectivity index is 2.36. The van der Waals surface area contributed by atoms with Gasteiger partial charge in [0.1, 0.15) is 5.78 Å². The molecule has 3 heteroatoms. The largest absolute Gasteiger partial charge is 0.395 e. The monoisotopic (exact) mass is 184 g/mol. The number of rotatable bonds is 2. The Morgan fingerprint density at radius 3 is 2.54 bits per heavy atom. The molecular weight excluding hydrogens is 168 g/mol. The summed E-state index contributed by atoms with van der Waals surface area (Å²) in [6.07, 6.45) is 2.56. The fourth-order valence-corrected chi connectivity index (χ4v) is 3.08. The predicted octanol–water partition coefficient (Wildman–Crippen LogP) is 0.346. The minimum atomic E-state index is -0.568. The van der Waals surface area contributed by atoms with Gasteiger partial charge in [-0.05, 0) is 25.2 Å². The van der Waals surface area contributed by atoms with Crippen molar-refractivity contribution in [2.45, 2.75) is 26.2 Å². The molecule has 0 saturated heterocycles. The van der Waals surface area contributed by atoms with Crippen molar-refractivity contribution in [3.8, 4) is 0 Å². The Morgan fingerprint density at radius 2 is 2.15 bits per heavy atom. The molecule has 74 valence electrons. The van der Waals surface area contributed by atoms with Gasteiger partial charge in [0.25, 0.3) is 0 Å². The van der Waals surface area contributed by atoms with Crippen LogP contribution in [0.3, 0.4) is 0 Å². The van der Waals surface area contributed by atoms with Gasteiger partial charge in [-0.15, -0.1) is 0 Å². The topological polar surface area (TPSA) is 57.5 Å². The van der Waals surface area contributed by atoms with Crippen LogP contribution in [0.2, 0.25) is 0 Å². The maximum atomic E-state index is 12.0. The molecule has 0 radical (unpaired) electrons. The van der Waals surface area contributed by atoms with Crippen LogP contribution in [0.15, 0.2) is 0 Å². The van der Waals surface area contributed by atoms with Crippen LogP contribution in [0.1, 0.15) is 26.2 Å². The summed E-state index contributed by atoms with van der Waals surface area (Å²) in [5.74, 6) is 0.374. The summed E-state index contributed by atoms with van der Waals surface area (Å²) < 4.78 is 0. The van der Waals surface area contributed by atoms with E-state index < -0.39 is 10.8 Å². The van der Waals surface area contributed by atoms with Crippen LogP contribution >= 0.6 is 0 Å². The molecule has 2 saturated carbocycles. The predicted molar refractivity (Wildman–Crippen MR) is 47.1 cm³/mol. The molecule has 2 bridgehead atoms. The first kappa shape index (κ1) is 9.16. The van der Waals surface area contributed by atoms with Crippen molar-refractivity contribution < 1.29 is 15.0 Å². The second-order valence-electron chi connectivity index (χ2n) is 4.78. The molecule has 2 N–H and O–H groups in total. The van der Waals surface area contributed by atoms with Crippen molar-refractivity contribution in [1.82, 2.24) is 0 Å². The van der Waals surface area contributed by atoms with Crippen molar-refractivity contribution in [2.75, 3.05) is 13.2 Å². The second-order valence-corrected chi connectivity index (χ2v) is 4.78. The van der Waals surface area contributed by atoms with Crippen LogP contribution in [0.4, 0.5) is 0 Å². The summed E-state index contributed by atoms with van der Waals surface area (Å²) in [5.41, 5.74) is -1.07. The van der Waals surface area contributed by atoms with E-state index in [9.17, 15) is 15.0 Å². The van der Waals surface area contributed by atoms with Crippen LogP contribution in [0, 0.1) is 16.7 Å². The highest BCUT2D eigenvalue weighted by atomic mass is 16.3. The zero-order valence-electron chi connectivity index (χ0n) is 7.92. The summed E-state index contributed by atoms with van der Waals surface area (Å²) in [6.45, 7) is 1.72. The Morgan fingerprint density at radius 1 is 1.46 bits per heavy atom. The number of hydrogen-bond donors (Lipinski definition) is 2. The third kappa shape index (κ3) is 0.891. The molecule has 2 aliphatic carbocycles. The van der Waals surface area contributed by atoms with Crippen LogP contribution in [-0.4, -0.2) is 29.2 Å². The molecule has 3 unspecified atom stereocenters. The van der Waals surface area contributed by atoms with E-state index in [1.165, 1.54) is 0 Å². The molecule has 0 aromatic carbocycles. The van der Waals surface area contributed by atoms with Gasteiger partial charge in [0.15, 0.2) is 0 Å². The summed E-state index contributed by atoms with van der Waals surface area (Å²) in [7, 11) is 0. The Labute approximate surface area is 77.8 Å². The molecule has 0 aromatic rings. The first-order chi connectivity index (χ1) is 6.09. The maximum Gasteiger partial charge on any atom is 0.149 e. The van der Waals surface area contributed by atoms with Gasteiger partial charge in [-0.1, -0.05) is 6.92 Å².